The number of carbonyl (C=O) groups is 2. The maximum Gasteiger partial charge on any atom is 0.263 e. The molecule has 2 aromatic carbocycles. The van der Waals surface area contributed by atoms with Crippen LogP contribution in [0.5, 0.6) is 5.75 Å². The van der Waals surface area contributed by atoms with Crippen molar-refractivity contribution < 1.29 is 14.3 Å². The number of aromatic nitrogens is 1. The van der Waals surface area contributed by atoms with Crippen molar-refractivity contribution in [1.82, 2.24) is 14.8 Å². The van der Waals surface area contributed by atoms with Gasteiger partial charge in [0, 0.05) is 30.1 Å². The molecule has 0 aliphatic carbocycles. The first kappa shape index (κ1) is 21.6. The number of methoxy groups -OCH3 is 1. The number of hydrogen-bond acceptors (Lipinski definition) is 4. The Labute approximate surface area is 186 Å². The van der Waals surface area contributed by atoms with Crippen molar-refractivity contribution in [3.05, 3.63) is 70.6 Å². The van der Waals surface area contributed by atoms with Crippen LogP contribution in [0.2, 0.25) is 0 Å². The number of hydrogen-bond donors (Lipinski definition) is 1. The predicted octanol–water partition coefficient (Wildman–Crippen LogP) is 3.13. The van der Waals surface area contributed by atoms with E-state index in [1.807, 2.05) is 11.0 Å². The molecule has 1 aromatic heterocycles. The molecule has 1 aliphatic heterocycles. The topological polar surface area (TPSA) is 80.6 Å². The molecule has 2 heterocycles. The van der Waals surface area contributed by atoms with Gasteiger partial charge in [0.2, 0.25) is 5.91 Å². The van der Waals surface area contributed by atoms with Gasteiger partial charge in [-0.2, -0.15) is 0 Å². The summed E-state index contributed by atoms with van der Waals surface area (Å²) >= 11 is 0. The van der Waals surface area contributed by atoms with Crippen molar-refractivity contribution in [3.63, 3.8) is 0 Å². The average Bonchev–Trinajstić information content (AvgIpc) is 3.12. The Morgan fingerprint density at radius 2 is 1.59 bits per heavy atom. The molecular weight excluding hydrogens is 406 g/mol. The molecule has 32 heavy (non-hydrogen) atoms. The van der Waals surface area contributed by atoms with Gasteiger partial charge in [0.1, 0.15) is 5.75 Å². The third-order valence-electron chi connectivity index (χ3n) is 5.87. The van der Waals surface area contributed by atoms with Crippen LogP contribution in [0.3, 0.4) is 0 Å². The second-order valence-electron chi connectivity index (χ2n) is 7.91. The van der Waals surface area contributed by atoms with Crippen LogP contribution in [0.1, 0.15) is 36.0 Å². The molecule has 7 nitrogen and oxygen atoms in total. The van der Waals surface area contributed by atoms with E-state index in [-0.39, 0.29) is 18.0 Å². The molecule has 3 aromatic rings. The number of amides is 2. The highest BCUT2D eigenvalue weighted by molar-refractivity contribution is 6.07. The molecule has 0 saturated carbocycles. The quantitative estimate of drug-likeness (QED) is 0.670. The van der Waals surface area contributed by atoms with Gasteiger partial charge in [-0.25, -0.2) is 0 Å². The van der Waals surface area contributed by atoms with E-state index in [0.29, 0.717) is 27.8 Å². The molecule has 0 spiro atoms. The second kappa shape index (κ2) is 9.68. The Bertz CT molecular complexity index is 1190. The Morgan fingerprint density at radius 3 is 2.31 bits per heavy atom. The number of rotatable bonds is 5. The number of pyridine rings is 1. The largest absolute Gasteiger partial charge is 0.495 e. The van der Waals surface area contributed by atoms with Gasteiger partial charge >= 0.3 is 0 Å². The highest BCUT2D eigenvalue weighted by atomic mass is 16.5. The lowest BCUT2D eigenvalue weighted by atomic mass is 10.1. The Hall–Kier alpha value is -3.61. The van der Waals surface area contributed by atoms with Crippen LogP contribution in [0.25, 0.3) is 16.5 Å². The Balaban J connectivity index is 1.67. The molecule has 0 unspecified atom stereocenters. The molecule has 1 saturated heterocycles. The number of para-hydroxylation sites is 2. The van der Waals surface area contributed by atoms with Crippen LogP contribution in [0.15, 0.2) is 59.5 Å². The van der Waals surface area contributed by atoms with Gasteiger partial charge in [-0.05, 0) is 31.0 Å². The summed E-state index contributed by atoms with van der Waals surface area (Å²) in [5.74, 6) is 0.0446. The zero-order valence-electron chi connectivity index (χ0n) is 18.2. The molecule has 7 heteroatoms. The van der Waals surface area contributed by atoms with Gasteiger partial charge in [0.05, 0.1) is 24.9 Å². The molecule has 1 aliphatic rings. The summed E-state index contributed by atoms with van der Waals surface area (Å²) in [5, 5.41) is 3.72. The third-order valence-corrected chi connectivity index (χ3v) is 5.87. The van der Waals surface area contributed by atoms with Crippen LogP contribution >= 0.6 is 0 Å². The van der Waals surface area contributed by atoms with Crippen molar-refractivity contribution in [3.8, 4) is 11.4 Å². The molecule has 0 radical (unpaired) electrons. The second-order valence-corrected chi connectivity index (χ2v) is 7.91. The van der Waals surface area contributed by atoms with Crippen molar-refractivity contribution in [2.75, 3.05) is 26.7 Å². The van der Waals surface area contributed by atoms with Gasteiger partial charge in [-0.15, -0.1) is 0 Å². The maximum atomic E-state index is 13.2. The summed E-state index contributed by atoms with van der Waals surface area (Å²) in [7, 11) is 1.53. The smallest absolute Gasteiger partial charge is 0.263 e. The van der Waals surface area contributed by atoms with E-state index in [2.05, 4.69) is 5.32 Å². The fraction of sp³-hybridized carbons (Fsp3) is 0.320. The van der Waals surface area contributed by atoms with Crippen LogP contribution < -0.4 is 15.6 Å². The summed E-state index contributed by atoms with van der Waals surface area (Å²) in [4.78, 5) is 40.8. The number of likely N-dealkylation sites (tertiary alicyclic amines) is 1. The van der Waals surface area contributed by atoms with Gasteiger partial charge in [-0.1, -0.05) is 43.2 Å². The van der Waals surface area contributed by atoms with E-state index < -0.39 is 5.91 Å². The molecule has 0 bridgehead atoms. The van der Waals surface area contributed by atoms with E-state index in [4.69, 9.17) is 4.74 Å². The fourth-order valence-corrected chi connectivity index (χ4v) is 4.16. The molecule has 0 atom stereocenters. The molecule has 2 amide bonds. The summed E-state index contributed by atoms with van der Waals surface area (Å²) in [6.45, 7) is 1.40. The molecular formula is C25H27N3O4. The molecule has 166 valence electrons. The molecule has 1 N–H and O–H groups in total. The van der Waals surface area contributed by atoms with Gasteiger partial charge in [0.25, 0.3) is 11.5 Å². The minimum atomic E-state index is -0.395. The number of nitrogens with one attached hydrogen (secondary N) is 1. The van der Waals surface area contributed by atoms with E-state index in [0.717, 1.165) is 38.8 Å². The van der Waals surface area contributed by atoms with Crippen LogP contribution in [-0.2, 0) is 4.79 Å². The standard InChI is InChI=1S/C25H27N3O4/c1-32-22-13-7-6-12-21(22)28-17-20(18-10-4-5-11-19(18)25(28)31)24(30)26-16-23(29)27-14-8-2-3-9-15-27/h4-7,10-13,17H,2-3,8-9,14-16H2,1H3,(H,26,30). The number of nitrogens with zero attached hydrogens (tertiary/aromatic N) is 2. The van der Waals surface area contributed by atoms with Crippen molar-refractivity contribution >= 4 is 22.6 Å². The summed E-state index contributed by atoms with van der Waals surface area (Å²) in [6, 6.07) is 14.1. The lowest BCUT2D eigenvalue weighted by molar-refractivity contribution is -0.130. The summed E-state index contributed by atoms with van der Waals surface area (Å²) < 4.78 is 6.84. The van der Waals surface area contributed by atoms with Crippen molar-refractivity contribution in [2.45, 2.75) is 25.7 Å². The van der Waals surface area contributed by atoms with E-state index in [9.17, 15) is 14.4 Å². The first-order valence-corrected chi connectivity index (χ1v) is 10.9. The minimum absolute atomic E-state index is 0.0685. The lowest BCUT2D eigenvalue weighted by Crippen LogP contribution is -2.40. The fourth-order valence-electron chi connectivity index (χ4n) is 4.16. The number of carbonyl (C=O) groups excluding carboxylic acids is 2. The number of benzene rings is 2. The van der Waals surface area contributed by atoms with E-state index >= 15 is 0 Å². The first-order valence-electron chi connectivity index (χ1n) is 10.9. The normalized spacial score (nSPS) is 14.1. The van der Waals surface area contributed by atoms with Gasteiger partial charge in [-0.3, -0.25) is 19.0 Å². The highest BCUT2D eigenvalue weighted by Crippen LogP contribution is 2.23. The van der Waals surface area contributed by atoms with Crippen LogP contribution in [0, 0.1) is 0 Å². The molecule has 4 rings (SSSR count). The van der Waals surface area contributed by atoms with E-state index in [1.54, 1.807) is 42.5 Å². The zero-order chi connectivity index (χ0) is 22.5. The predicted molar refractivity (Wildman–Crippen MR) is 123 cm³/mol. The summed E-state index contributed by atoms with van der Waals surface area (Å²) in [6.07, 6.45) is 5.77. The van der Waals surface area contributed by atoms with Gasteiger partial charge in [0.15, 0.2) is 0 Å². The highest BCUT2D eigenvalue weighted by Gasteiger charge is 2.20. The maximum absolute atomic E-state index is 13.2. The number of fused-ring (bicyclic) bond motifs is 1. The van der Waals surface area contributed by atoms with Crippen molar-refractivity contribution in [2.24, 2.45) is 0 Å². The van der Waals surface area contributed by atoms with Crippen LogP contribution in [0.4, 0.5) is 0 Å². The first-order chi connectivity index (χ1) is 15.6. The monoisotopic (exact) mass is 433 g/mol. The Kier molecular flexibility index (Phi) is 6.54. The summed E-state index contributed by atoms with van der Waals surface area (Å²) in [5.41, 5.74) is 0.623. The van der Waals surface area contributed by atoms with Gasteiger partial charge < -0.3 is 15.0 Å². The molecule has 1 fully saturated rings. The SMILES string of the molecule is COc1ccccc1-n1cc(C(=O)NCC(=O)N2CCCCCC2)c2ccccc2c1=O. The number of ether oxygens (including phenoxy) is 1. The van der Waals surface area contributed by atoms with Crippen LogP contribution in [-0.4, -0.2) is 48.0 Å². The third kappa shape index (κ3) is 4.37. The lowest BCUT2D eigenvalue weighted by Gasteiger charge is -2.20. The Morgan fingerprint density at radius 1 is 0.938 bits per heavy atom. The average molecular weight is 434 g/mol. The van der Waals surface area contributed by atoms with E-state index in [1.165, 1.54) is 17.9 Å². The zero-order valence-corrected chi connectivity index (χ0v) is 18.2. The minimum Gasteiger partial charge on any atom is -0.495 e. The van der Waals surface area contributed by atoms with Crippen molar-refractivity contribution in [1.29, 1.82) is 0 Å².